The summed E-state index contributed by atoms with van der Waals surface area (Å²) < 4.78 is 8.64. The molecule has 1 atom stereocenters. The largest absolute Gasteiger partial charge is 0.377 e. The molecule has 1 aliphatic carbocycles. The molecule has 2 aliphatic rings. The normalized spacial score (nSPS) is 25.1. The Morgan fingerprint density at radius 2 is 2.15 bits per heavy atom. The van der Waals surface area contributed by atoms with Crippen molar-refractivity contribution in [3.63, 3.8) is 0 Å². The van der Waals surface area contributed by atoms with Gasteiger partial charge in [-0.3, -0.25) is 4.57 Å². The average molecular weight is 296 g/mol. The van der Waals surface area contributed by atoms with Gasteiger partial charge in [0.15, 0.2) is 4.77 Å². The summed E-state index contributed by atoms with van der Waals surface area (Å²) in [6.07, 6.45) is 7.48. The fourth-order valence-electron chi connectivity index (χ4n) is 3.42. The van der Waals surface area contributed by atoms with E-state index in [-0.39, 0.29) is 0 Å². The second-order valence-corrected chi connectivity index (χ2v) is 6.21. The molecule has 1 saturated heterocycles. The first-order valence-electron chi connectivity index (χ1n) is 7.82. The number of morpholine rings is 1. The number of H-pyrrole nitrogens is 1. The van der Waals surface area contributed by atoms with Gasteiger partial charge < -0.3 is 9.64 Å². The van der Waals surface area contributed by atoms with Crippen LogP contribution in [0.4, 0.5) is 5.95 Å². The van der Waals surface area contributed by atoms with Crippen LogP contribution in [0.2, 0.25) is 0 Å². The maximum atomic E-state index is 5.60. The van der Waals surface area contributed by atoms with Gasteiger partial charge in [-0.05, 0) is 31.5 Å². The van der Waals surface area contributed by atoms with Crippen molar-refractivity contribution >= 4 is 18.2 Å². The number of nitrogens with zero attached hydrogens (tertiary/aromatic N) is 3. The molecule has 0 amide bonds. The van der Waals surface area contributed by atoms with Crippen LogP contribution in [0.25, 0.3) is 0 Å². The number of hydrogen-bond acceptors (Lipinski definition) is 4. The number of aromatic nitrogens is 3. The van der Waals surface area contributed by atoms with Crippen LogP contribution in [-0.2, 0) is 4.74 Å². The summed E-state index contributed by atoms with van der Waals surface area (Å²) in [5.74, 6) is 1.03. The standard InChI is InChI=1S/C14H24N4OS/c1-2-11-10-19-9-8-17(11)13-15-16-14(20)18(13)12-6-4-3-5-7-12/h11-12H,2-10H2,1H3,(H,16,20). The topological polar surface area (TPSA) is 46.1 Å². The molecular weight excluding hydrogens is 272 g/mol. The summed E-state index contributed by atoms with van der Waals surface area (Å²) in [5, 5.41) is 7.54. The van der Waals surface area contributed by atoms with Gasteiger partial charge in [0, 0.05) is 12.6 Å². The zero-order valence-corrected chi connectivity index (χ0v) is 13.0. The molecule has 0 radical (unpaired) electrons. The van der Waals surface area contributed by atoms with Crippen molar-refractivity contribution in [2.45, 2.75) is 57.5 Å². The smallest absolute Gasteiger partial charge is 0.226 e. The van der Waals surface area contributed by atoms with Gasteiger partial charge in [0.25, 0.3) is 0 Å². The number of aromatic amines is 1. The summed E-state index contributed by atoms with van der Waals surface area (Å²) in [4.78, 5) is 2.38. The summed E-state index contributed by atoms with van der Waals surface area (Å²) in [5.41, 5.74) is 0. The summed E-state index contributed by atoms with van der Waals surface area (Å²) in [7, 11) is 0. The molecule has 6 heteroatoms. The second-order valence-electron chi connectivity index (χ2n) is 5.82. The maximum absolute atomic E-state index is 5.60. The Hall–Kier alpha value is -0.880. The van der Waals surface area contributed by atoms with E-state index in [1.54, 1.807) is 0 Å². The third-order valence-electron chi connectivity index (χ3n) is 4.58. The van der Waals surface area contributed by atoms with Gasteiger partial charge in [0.1, 0.15) is 0 Å². The zero-order chi connectivity index (χ0) is 13.9. The molecular formula is C14H24N4OS. The highest BCUT2D eigenvalue weighted by Crippen LogP contribution is 2.32. The minimum absolute atomic E-state index is 0.413. The number of rotatable bonds is 3. The number of ether oxygens (including phenoxy) is 1. The van der Waals surface area contributed by atoms with E-state index >= 15 is 0 Å². The molecule has 5 nitrogen and oxygen atoms in total. The van der Waals surface area contributed by atoms with Gasteiger partial charge >= 0.3 is 0 Å². The van der Waals surface area contributed by atoms with E-state index < -0.39 is 0 Å². The van der Waals surface area contributed by atoms with Gasteiger partial charge in [-0.15, -0.1) is 5.10 Å². The number of hydrogen-bond donors (Lipinski definition) is 1. The van der Waals surface area contributed by atoms with Crippen LogP contribution in [0.3, 0.4) is 0 Å². The minimum atomic E-state index is 0.413. The molecule has 1 saturated carbocycles. The van der Waals surface area contributed by atoms with Gasteiger partial charge in [0.2, 0.25) is 5.95 Å². The SMILES string of the molecule is CCC1COCCN1c1n[nH]c(=S)n1C1CCCCC1. The highest BCUT2D eigenvalue weighted by atomic mass is 32.1. The predicted molar refractivity (Wildman–Crippen MR) is 81.8 cm³/mol. The average Bonchev–Trinajstić information content (AvgIpc) is 2.89. The van der Waals surface area contributed by atoms with E-state index in [9.17, 15) is 0 Å². The van der Waals surface area contributed by atoms with Crippen LogP contribution < -0.4 is 4.90 Å². The van der Waals surface area contributed by atoms with Gasteiger partial charge in [0.05, 0.1) is 19.3 Å². The fraction of sp³-hybridized carbons (Fsp3) is 0.857. The van der Waals surface area contributed by atoms with Crippen molar-refractivity contribution in [2.24, 2.45) is 0 Å². The summed E-state index contributed by atoms with van der Waals surface area (Å²) in [6.45, 7) is 4.69. The molecule has 1 aromatic heterocycles. The third kappa shape index (κ3) is 2.63. The first kappa shape index (κ1) is 14.1. The Balaban J connectivity index is 1.90. The molecule has 0 aromatic carbocycles. The molecule has 20 heavy (non-hydrogen) atoms. The molecule has 1 N–H and O–H groups in total. The molecule has 1 aromatic rings. The minimum Gasteiger partial charge on any atom is -0.377 e. The zero-order valence-electron chi connectivity index (χ0n) is 12.2. The van der Waals surface area contributed by atoms with Crippen LogP contribution in [0.1, 0.15) is 51.5 Å². The Kier molecular flexibility index (Phi) is 4.41. The molecule has 1 aliphatic heterocycles. The first-order chi connectivity index (χ1) is 9.81. The quantitative estimate of drug-likeness (QED) is 0.871. The Morgan fingerprint density at radius 1 is 1.35 bits per heavy atom. The van der Waals surface area contributed by atoms with Crippen molar-refractivity contribution in [1.29, 1.82) is 0 Å². The maximum Gasteiger partial charge on any atom is 0.226 e. The lowest BCUT2D eigenvalue weighted by Gasteiger charge is -2.37. The number of nitrogens with one attached hydrogen (secondary N) is 1. The van der Waals surface area contributed by atoms with E-state index in [0.717, 1.165) is 36.9 Å². The van der Waals surface area contributed by atoms with Crippen molar-refractivity contribution in [1.82, 2.24) is 14.8 Å². The molecule has 2 fully saturated rings. The summed E-state index contributed by atoms with van der Waals surface area (Å²) >= 11 is 5.48. The highest BCUT2D eigenvalue weighted by Gasteiger charge is 2.28. The van der Waals surface area contributed by atoms with Crippen LogP contribution in [0.15, 0.2) is 0 Å². The van der Waals surface area contributed by atoms with E-state index in [1.807, 2.05) is 0 Å². The Bertz CT molecular complexity index is 492. The van der Waals surface area contributed by atoms with Crippen LogP contribution in [-0.4, -0.2) is 40.6 Å². The molecule has 0 spiro atoms. The van der Waals surface area contributed by atoms with E-state index in [0.29, 0.717) is 12.1 Å². The third-order valence-corrected chi connectivity index (χ3v) is 4.87. The van der Waals surface area contributed by atoms with Crippen LogP contribution >= 0.6 is 12.2 Å². The monoisotopic (exact) mass is 296 g/mol. The Morgan fingerprint density at radius 3 is 2.90 bits per heavy atom. The Labute approximate surface area is 125 Å². The van der Waals surface area contributed by atoms with Crippen LogP contribution in [0, 0.1) is 4.77 Å². The predicted octanol–water partition coefficient (Wildman–Crippen LogP) is 3.06. The van der Waals surface area contributed by atoms with E-state index in [4.69, 9.17) is 17.0 Å². The summed E-state index contributed by atoms with van der Waals surface area (Å²) in [6, 6.07) is 0.932. The van der Waals surface area contributed by atoms with E-state index in [1.165, 1.54) is 32.1 Å². The highest BCUT2D eigenvalue weighted by molar-refractivity contribution is 7.71. The van der Waals surface area contributed by atoms with Gasteiger partial charge in [-0.2, -0.15) is 0 Å². The molecule has 2 heterocycles. The van der Waals surface area contributed by atoms with Gasteiger partial charge in [-0.1, -0.05) is 26.2 Å². The van der Waals surface area contributed by atoms with E-state index in [2.05, 4.69) is 26.6 Å². The lowest BCUT2D eigenvalue weighted by Crippen LogP contribution is -2.46. The second kappa shape index (κ2) is 6.26. The molecule has 1 unspecified atom stereocenters. The fourth-order valence-corrected chi connectivity index (χ4v) is 3.70. The van der Waals surface area contributed by atoms with Crippen molar-refractivity contribution < 1.29 is 4.74 Å². The van der Waals surface area contributed by atoms with Gasteiger partial charge in [-0.25, -0.2) is 5.10 Å². The van der Waals surface area contributed by atoms with Crippen molar-refractivity contribution in [3.05, 3.63) is 4.77 Å². The van der Waals surface area contributed by atoms with Crippen LogP contribution in [0.5, 0.6) is 0 Å². The van der Waals surface area contributed by atoms with Crippen molar-refractivity contribution in [3.8, 4) is 0 Å². The molecule has 112 valence electrons. The molecule has 3 rings (SSSR count). The lowest BCUT2D eigenvalue weighted by atomic mass is 9.95. The first-order valence-corrected chi connectivity index (χ1v) is 8.23. The van der Waals surface area contributed by atoms with Crippen molar-refractivity contribution in [2.75, 3.05) is 24.7 Å². The molecule has 0 bridgehead atoms. The number of anilines is 1. The lowest BCUT2D eigenvalue weighted by molar-refractivity contribution is 0.0913.